The molecule has 1 aromatic heterocycles. The van der Waals surface area contributed by atoms with Gasteiger partial charge in [0, 0.05) is 12.0 Å². The van der Waals surface area contributed by atoms with E-state index in [1.807, 2.05) is 6.08 Å². The molecule has 0 spiro atoms. The number of fused-ring (bicyclic) bond motifs is 1. The number of nitrogen functional groups attached to an aromatic ring is 1. The Kier molecular flexibility index (Phi) is 2.09. The maximum atomic E-state index is 10.9. The summed E-state index contributed by atoms with van der Waals surface area (Å²) >= 11 is 0. The number of nitrogens with two attached hydrogens (primary N) is 1. The SMILES string of the molecule is Nc1ccc2c(n1)C(=S(=O)=O)CC=C2. The van der Waals surface area contributed by atoms with Crippen molar-refractivity contribution in [1.29, 1.82) is 0 Å². The van der Waals surface area contributed by atoms with Crippen molar-refractivity contribution in [2.75, 3.05) is 5.73 Å². The Bertz CT molecular complexity index is 536. The van der Waals surface area contributed by atoms with Crippen LogP contribution in [0.3, 0.4) is 0 Å². The highest BCUT2D eigenvalue weighted by Gasteiger charge is 2.14. The second-order valence-electron chi connectivity index (χ2n) is 2.94. The molecule has 72 valence electrons. The van der Waals surface area contributed by atoms with Gasteiger partial charge in [-0.3, -0.25) is 0 Å². The second kappa shape index (κ2) is 3.26. The fourth-order valence-corrected chi connectivity index (χ4v) is 1.93. The van der Waals surface area contributed by atoms with E-state index in [2.05, 4.69) is 4.98 Å². The van der Waals surface area contributed by atoms with Gasteiger partial charge in [0.1, 0.15) is 10.7 Å². The quantitative estimate of drug-likeness (QED) is 0.629. The summed E-state index contributed by atoms with van der Waals surface area (Å²) in [6.07, 6.45) is 4.03. The Labute approximate surface area is 82.6 Å². The average Bonchev–Trinajstić information content (AvgIpc) is 2.16. The Morgan fingerprint density at radius 1 is 1.36 bits per heavy atom. The van der Waals surface area contributed by atoms with Crippen LogP contribution in [-0.2, 0) is 10.3 Å². The molecule has 5 heteroatoms. The molecule has 0 saturated heterocycles. The molecule has 0 bridgehead atoms. The zero-order valence-corrected chi connectivity index (χ0v) is 8.08. The Morgan fingerprint density at radius 3 is 2.86 bits per heavy atom. The fourth-order valence-electron chi connectivity index (χ4n) is 1.38. The molecule has 0 aromatic carbocycles. The first-order chi connectivity index (χ1) is 6.68. The van der Waals surface area contributed by atoms with Gasteiger partial charge in [-0.05, 0) is 12.1 Å². The van der Waals surface area contributed by atoms with Crippen molar-refractivity contribution in [3.8, 4) is 0 Å². The lowest BCUT2D eigenvalue weighted by Crippen LogP contribution is -2.10. The highest BCUT2D eigenvalue weighted by molar-refractivity contribution is 7.73. The van der Waals surface area contributed by atoms with Gasteiger partial charge in [-0.2, -0.15) is 8.42 Å². The lowest BCUT2D eigenvalue weighted by Gasteiger charge is -2.09. The van der Waals surface area contributed by atoms with Gasteiger partial charge in [0.15, 0.2) is 0 Å². The fraction of sp³-hybridized carbons (Fsp3) is 0.111. The molecule has 0 radical (unpaired) electrons. The Morgan fingerprint density at radius 2 is 2.14 bits per heavy atom. The maximum Gasteiger partial charge on any atom is 0.219 e. The molecular formula is C9H8N2O2S. The number of hydrogen-bond donors (Lipinski definition) is 1. The van der Waals surface area contributed by atoms with Crippen LogP contribution in [0, 0.1) is 0 Å². The van der Waals surface area contributed by atoms with Gasteiger partial charge in [-0.15, -0.1) is 0 Å². The van der Waals surface area contributed by atoms with Crippen LogP contribution < -0.4 is 5.73 Å². The molecule has 4 nitrogen and oxygen atoms in total. The third-order valence-electron chi connectivity index (χ3n) is 2.01. The number of anilines is 1. The van der Waals surface area contributed by atoms with Crippen LogP contribution in [0.2, 0.25) is 0 Å². The first kappa shape index (κ1) is 8.96. The molecule has 0 aliphatic heterocycles. The predicted molar refractivity (Wildman–Crippen MR) is 55.3 cm³/mol. The van der Waals surface area contributed by atoms with Crippen molar-refractivity contribution in [3.05, 3.63) is 29.5 Å². The summed E-state index contributed by atoms with van der Waals surface area (Å²) in [5.74, 6) is 0.335. The molecule has 0 saturated carbocycles. The second-order valence-corrected chi connectivity index (χ2v) is 3.90. The number of nitrogens with zero attached hydrogens (tertiary/aromatic N) is 1. The van der Waals surface area contributed by atoms with E-state index in [9.17, 15) is 8.42 Å². The van der Waals surface area contributed by atoms with E-state index in [1.165, 1.54) is 0 Å². The van der Waals surface area contributed by atoms with Crippen LogP contribution in [0.4, 0.5) is 5.82 Å². The summed E-state index contributed by atoms with van der Waals surface area (Å²) in [4.78, 5) is 4.31. The molecule has 2 N–H and O–H groups in total. The predicted octanol–water partition coefficient (Wildman–Crippen LogP) is 0.480. The zero-order chi connectivity index (χ0) is 10.1. The van der Waals surface area contributed by atoms with Crippen molar-refractivity contribution >= 4 is 27.1 Å². The van der Waals surface area contributed by atoms with Crippen LogP contribution in [-0.4, -0.2) is 18.3 Å². The van der Waals surface area contributed by atoms with Crippen LogP contribution >= 0.6 is 0 Å². The number of allylic oxidation sites excluding steroid dienone is 1. The minimum atomic E-state index is -2.22. The van der Waals surface area contributed by atoms with Gasteiger partial charge in [0.2, 0.25) is 10.3 Å². The van der Waals surface area contributed by atoms with E-state index in [0.717, 1.165) is 5.56 Å². The summed E-state index contributed by atoms with van der Waals surface area (Å²) in [6.45, 7) is 0. The molecule has 1 heterocycles. The van der Waals surface area contributed by atoms with Gasteiger partial charge in [0.25, 0.3) is 0 Å². The van der Waals surface area contributed by atoms with E-state index in [4.69, 9.17) is 5.73 Å². The van der Waals surface area contributed by atoms with E-state index < -0.39 is 10.3 Å². The van der Waals surface area contributed by atoms with Crippen molar-refractivity contribution < 1.29 is 8.42 Å². The standard InChI is InChI=1S/C9H8N2O2S/c10-8-5-4-6-2-1-3-7(14(12)13)9(6)11-8/h1-2,4-5H,3H2,(H2,10,11). The number of hydrogen-bond acceptors (Lipinski definition) is 4. The summed E-state index contributed by atoms with van der Waals surface area (Å²) in [7, 11) is -2.22. The lowest BCUT2D eigenvalue weighted by atomic mass is 10.0. The van der Waals surface area contributed by atoms with Crippen molar-refractivity contribution in [2.45, 2.75) is 6.42 Å². The Balaban J connectivity index is 2.78. The molecule has 2 rings (SSSR count). The Hall–Kier alpha value is -1.62. The smallest absolute Gasteiger partial charge is 0.219 e. The topological polar surface area (TPSA) is 73.0 Å². The molecule has 1 aromatic rings. The highest BCUT2D eigenvalue weighted by atomic mass is 32.2. The number of rotatable bonds is 0. The number of pyridine rings is 1. The van der Waals surface area contributed by atoms with Crippen LogP contribution in [0.25, 0.3) is 6.08 Å². The largest absolute Gasteiger partial charge is 0.384 e. The third-order valence-corrected chi connectivity index (χ3v) is 2.78. The summed E-state index contributed by atoms with van der Waals surface area (Å²) in [5, 5.41) is 0. The lowest BCUT2D eigenvalue weighted by molar-refractivity contribution is 0.627. The van der Waals surface area contributed by atoms with E-state index in [0.29, 0.717) is 22.8 Å². The highest BCUT2D eigenvalue weighted by Crippen LogP contribution is 2.18. The third kappa shape index (κ3) is 1.42. The van der Waals surface area contributed by atoms with Gasteiger partial charge in [-0.1, -0.05) is 12.2 Å². The molecule has 0 unspecified atom stereocenters. The molecular weight excluding hydrogens is 200 g/mol. The van der Waals surface area contributed by atoms with Crippen molar-refractivity contribution in [1.82, 2.24) is 4.98 Å². The molecule has 0 fully saturated rings. The van der Waals surface area contributed by atoms with Crippen molar-refractivity contribution in [3.63, 3.8) is 0 Å². The molecule has 0 atom stereocenters. The van der Waals surface area contributed by atoms with Gasteiger partial charge in [0.05, 0.1) is 5.69 Å². The first-order valence-electron chi connectivity index (χ1n) is 4.07. The maximum absolute atomic E-state index is 10.9. The van der Waals surface area contributed by atoms with Crippen molar-refractivity contribution in [2.24, 2.45) is 0 Å². The van der Waals surface area contributed by atoms with Crippen LogP contribution in [0.15, 0.2) is 18.2 Å². The monoisotopic (exact) mass is 208 g/mol. The summed E-state index contributed by atoms with van der Waals surface area (Å²) in [5.41, 5.74) is 6.76. The summed E-state index contributed by atoms with van der Waals surface area (Å²) in [6, 6.07) is 3.42. The zero-order valence-electron chi connectivity index (χ0n) is 7.27. The van der Waals surface area contributed by atoms with E-state index in [-0.39, 0.29) is 0 Å². The minimum Gasteiger partial charge on any atom is -0.384 e. The minimum absolute atomic E-state index is 0.301. The molecule has 1 aliphatic carbocycles. The van der Waals surface area contributed by atoms with Gasteiger partial charge < -0.3 is 5.73 Å². The van der Waals surface area contributed by atoms with Crippen LogP contribution in [0.5, 0.6) is 0 Å². The molecule has 1 aliphatic rings. The van der Waals surface area contributed by atoms with Gasteiger partial charge in [-0.25, -0.2) is 4.98 Å². The van der Waals surface area contributed by atoms with Gasteiger partial charge >= 0.3 is 0 Å². The first-order valence-corrected chi connectivity index (χ1v) is 5.14. The molecule has 0 amide bonds. The normalized spacial score (nSPS) is 13.9. The van der Waals surface area contributed by atoms with E-state index in [1.54, 1.807) is 18.2 Å². The van der Waals surface area contributed by atoms with E-state index >= 15 is 0 Å². The molecule has 14 heavy (non-hydrogen) atoms. The van der Waals surface area contributed by atoms with Crippen LogP contribution in [0.1, 0.15) is 17.7 Å². The average molecular weight is 208 g/mol. The summed E-state index contributed by atoms with van der Waals surface area (Å²) < 4.78 is 21.8. The number of aromatic nitrogens is 1.